The smallest absolute Gasteiger partial charge is 0.222 e. The summed E-state index contributed by atoms with van der Waals surface area (Å²) < 4.78 is 4.74. The second-order valence-corrected chi connectivity index (χ2v) is 3.50. The number of benzene rings is 1. The topological polar surface area (TPSA) is 52.0 Å². The zero-order chi connectivity index (χ0) is 10.1. The molecule has 5 heteroatoms. The van der Waals surface area contributed by atoms with Crippen molar-refractivity contribution in [2.75, 3.05) is 5.73 Å². The standard InChI is InChI=1S/C9H6Cl2N2O/c10-6-3-1-2-5(9(6)11)7-4-8(12)14-13-7/h1-4H,12H2. The number of nitrogens with zero attached hydrogens (tertiary/aromatic N) is 1. The van der Waals surface area contributed by atoms with Crippen LogP contribution in [0.3, 0.4) is 0 Å². The van der Waals surface area contributed by atoms with Crippen LogP contribution in [0.1, 0.15) is 0 Å². The third kappa shape index (κ3) is 1.56. The van der Waals surface area contributed by atoms with Crippen LogP contribution in [0.2, 0.25) is 10.0 Å². The van der Waals surface area contributed by atoms with E-state index in [0.717, 1.165) is 0 Å². The van der Waals surface area contributed by atoms with Crippen LogP contribution in [0, 0.1) is 0 Å². The first-order valence-corrected chi connectivity index (χ1v) is 4.60. The predicted octanol–water partition coefficient (Wildman–Crippen LogP) is 3.23. The van der Waals surface area contributed by atoms with Crippen molar-refractivity contribution in [2.24, 2.45) is 0 Å². The fourth-order valence-corrected chi connectivity index (χ4v) is 1.52. The fraction of sp³-hybridized carbons (Fsp3) is 0. The van der Waals surface area contributed by atoms with E-state index in [9.17, 15) is 0 Å². The SMILES string of the molecule is Nc1cc(-c2cccc(Cl)c2Cl)no1. The summed E-state index contributed by atoms with van der Waals surface area (Å²) in [7, 11) is 0. The van der Waals surface area contributed by atoms with Crippen LogP contribution in [-0.4, -0.2) is 5.16 Å². The Hall–Kier alpha value is -1.19. The molecule has 2 N–H and O–H groups in total. The molecule has 1 aromatic heterocycles. The van der Waals surface area contributed by atoms with Crippen molar-refractivity contribution in [3.8, 4) is 11.3 Å². The van der Waals surface area contributed by atoms with Crippen LogP contribution >= 0.6 is 23.2 Å². The van der Waals surface area contributed by atoms with Gasteiger partial charge in [0.1, 0.15) is 5.69 Å². The second-order valence-electron chi connectivity index (χ2n) is 2.72. The van der Waals surface area contributed by atoms with E-state index in [2.05, 4.69) is 5.16 Å². The van der Waals surface area contributed by atoms with E-state index in [0.29, 0.717) is 21.3 Å². The number of nitrogens with two attached hydrogens (primary N) is 1. The minimum Gasteiger partial charge on any atom is -0.368 e. The molecule has 0 unspecified atom stereocenters. The lowest BCUT2D eigenvalue weighted by Gasteiger charge is -2.00. The van der Waals surface area contributed by atoms with Gasteiger partial charge in [0.2, 0.25) is 5.88 Å². The molecule has 1 heterocycles. The molecule has 0 saturated carbocycles. The molecule has 0 bridgehead atoms. The summed E-state index contributed by atoms with van der Waals surface area (Å²) in [5.41, 5.74) is 6.69. The first-order valence-electron chi connectivity index (χ1n) is 3.85. The molecule has 0 aliphatic rings. The van der Waals surface area contributed by atoms with Gasteiger partial charge in [-0.1, -0.05) is 40.5 Å². The number of hydrogen-bond donors (Lipinski definition) is 1. The summed E-state index contributed by atoms with van der Waals surface area (Å²) >= 11 is 11.8. The van der Waals surface area contributed by atoms with E-state index in [1.807, 2.05) is 0 Å². The summed E-state index contributed by atoms with van der Waals surface area (Å²) in [6.07, 6.45) is 0. The Bertz CT molecular complexity index is 468. The summed E-state index contributed by atoms with van der Waals surface area (Å²) in [4.78, 5) is 0. The normalized spacial score (nSPS) is 10.4. The van der Waals surface area contributed by atoms with Crippen LogP contribution in [0.25, 0.3) is 11.3 Å². The van der Waals surface area contributed by atoms with Crippen molar-refractivity contribution < 1.29 is 4.52 Å². The molecule has 0 aliphatic heterocycles. The molecule has 2 rings (SSSR count). The highest BCUT2D eigenvalue weighted by Gasteiger charge is 2.10. The van der Waals surface area contributed by atoms with Crippen LogP contribution in [0.15, 0.2) is 28.8 Å². The van der Waals surface area contributed by atoms with Crippen LogP contribution in [-0.2, 0) is 0 Å². The average Bonchev–Trinajstić information content (AvgIpc) is 2.57. The quantitative estimate of drug-likeness (QED) is 0.816. The maximum atomic E-state index is 5.98. The van der Waals surface area contributed by atoms with E-state index in [4.69, 9.17) is 33.5 Å². The van der Waals surface area contributed by atoms with Crippen molar-refractivity contribution in [3.05, 3.63) is 34.3 Å². The molecular weight excluding hydrogens is 223 g/mol. The minimum absolute atomic E-state index is 0.246. The Morgan fingerprint density at radius 1 is 1.29 bits per heavy atom. The highest BCUT2D eigenvalue weighted by Crippen LogP contribution is 2.33. The molecular formula is C9H6Cl2N2O. The number of aromatic nitrogens is 1. The van der Waals surface area contributed by atoms with Gasteiger partial charge in [0.25, 0.3) is 0 Å². The van der Waals surface area contributed by atoms with Gasteiger partial charge in [-0.05, 0) is 6.07 Å². The lowest BCUT2D eigenvalue weighted by atomic mass is 10.1. The summed E-state index contributed by atoms with van der Waals surface area (Å²) in [5, 5.41) is 4.67. The van der Waals surface area contributed by atoms with Gasteiger partial charge in [-0.2, -0.15) is 0 Å². The van der Waals surface area contributed by atoms with Gasteiger partial charge in [0, 0.05) is 11.6 Å². The zero-order valence-electron chi connectivity index (χ0n) is 7.00. The molecule has 0 amide bonds. The molecule has 0 aliphatic carbocycles. The third-order valence-electron chi connectivity index (χ3n) is 1.76. The van der Waals surface area contributed by atoms with Gasteiger partial charge < -0.3 is 10.3 Å². The maximum absolute atomic E-state index is 5.98. The van der Waals surface area contributed by atoms with Gasteiger partial charge in [-0.3, -0.25) is 0 Å². The second kappa shape index (κ2) is 3.52. The van der Waals surface area contributed by atoms with Crippen LogP contribution in [0.5, 0.6) is 0 Å². The van der Waals surface area contributed by atoms with Gasteiger partial charge in [-0.25, -0.2) is 0 Å². The number of rotatable bonds is 1. The van der Waals surface area contributed by atoms with Crippen molar-refractivity contribution in [1.82, 2.24) is 5.16 Å². The molecule has 72 valence electrons. The Labute approximate surface area is 90.4 Å². The van der Waals surface area contributed by atoms with Gasteiger partial charge in [0.05, 0.1) is 10.0 Å². The first kappa shape index (κ1) is 9.37. The Morgan fingerprint density at radius 3 is 2.71 bits per heavy atom. The number of hydrogen-bond acceptors (Lipinski definition) is 3. The maximum Gasteiger partial charge on any atom is 0.222 e. The summed E-state index contributed by atoms with van der Waals surface area (Å²) in [6.45, 7) is 0. The van der Waals surface area contributed by atoms with Gasteiger partial charge in [0.15, 0.2) is 0 Å². The first-order chi connectivity index (χ1) is 6.68. The van der Waals surface area contributed by atoms with Gasteiger partial charge in [-0.15, -0.1) is 0 Å². The molecule has 0 fully saturated rings. The Balaban J connectivity index is 2.57. The minimum atomic E-state index is 0.246. The van der Waals surface area contributed by atoms with Crippen molar-refractivity contribution in [3.63, 3.8) is 0 Å². The van der Waals surface area contributed by atoms with Crippen molar-refractivity contribution in [1.29, 1.82) is 0 Å². The predicted molar refractivity (Wildman–Crippen MR) is 56.4 cm³/mol. The molecule has 0 saturated heterocycles. The van der Waals surface area contributed by atoms with Crippen LogP contribution < -0.4 is 5.73 Å². The third-order valence-corrected chi connectivity index (χ3v) is 2.57. The molecule has 0 atom stereocenters. The molecule has 1 aromatic carbocycles. The Kier molecular flexibility index (Phi) is 2.35. The fourth-order valence-electron chi connectivity index (χ4n) is 1.12. The summed E-state index contributed by atoms with van der Waals surface area (Å²) in [5.74, 6) is 0.246. The molecule has 3 nitrogen and oxygen atoms in total. The summed E-state index contributed by atoms with van der Waals surface area (Å²) in [6, 6.07) is 6.88. The van der Waals surface area contributed by atoms with Crippen molar-refractivity contribution >= 4 is 29.1 Å². The molecule has 0 radical (unpaired) electrons. The average molecular weight is 229 g/mol. The largest absolute Gasteiger partial charge is 0.368 e. The zero-order valence-corrected chi connectivity index (χ0v) is 8.51. The number of nitrogen functional groups attached to an aromatic ring is 1. The number of halogens is 2. The van der Waals surface area contributed by atoms with E-state index in [1.165, 1.54) is 0 Å². The lowest BCUT2D eigenvalue weighted by Crippen LogP contribution is -1.80. The molecule has 14 heavy (non-hydrogen) atoms. The van der Waals surface area contributed by atoms with E-state index in [-0.39, 0.29) is 5.88 Å². The van der Waals surface area contributed by atoms with Crippen LogP contribution in [0.4, 0.5) is 5.88 Å². The lowest BCUT2D eigenvalue weighted by molar-refractivity contribution is 0.439. The van der Waals surface area contributed by atoms with Crippen molar-refractivity contribution in [2.45, 2.75) is 0 Å². The monoisotopic (exact) mass is 228 g/mol. The van der Waals surface area contributed by atoms with Gasteiger partial charge >= 0.3 is 0 Å². The Morgan fingerprint density at radius 2 is 2.07 bits per heavy atom. The van der Waals surface area contributed by atoms with E-state index < -0.39 is 0 Å². The highest BCUT2D eigenvalue weighted by molar-refractivity contribution is 6.43. The van der Waals surface area contributed by atoms with E-state index in [1.54, 1.807) is 24.3 Å². The highest BCUT2D eigenvalue weighted by atomic mass is 35.5. The number of anilines is 1. The van der Waals surface area contributed by atoms with E-state index >= 15 is 0 Å². The molecule has 0 spiro atoms. The molecule has 2 aromatic rings.